The predicted molar refractivity (Wildman–Crippen MR) is 152 cm³/mol. The first-order valence-corrected chi connectivity index (χ1v) is 15.1. The van der Waals surface area contributed by atoms with E-state index < -0.39 is 0 Å². The number of nitrogens with zero attached hydrogens (tertiary/aromatic N) is 2. The molecule has 0 saturated carbocycles. The van der Waals surface area contributed by atoms with Crippen LogP contribution in [0, 0.1) is 0 Å². The van der Waals surface area contributed by atoms with Crippen LogP contribution in [-0.4, -0.2) is 9.55 Å². The Morgan fingerprint density at radius 3 is 1.65 bits per heavy atom. The Balaban J connectivity index is 2.21. The first-order valence-electron chi connectivity index (χ1n) is 15.1. The van der Waals surface area contributed by atoms with Crippen molar-refractivity contribution >= 4 is 11.0 Å². The fourth-order valence-electron chi connectivity index (χ4n) is 5.65. The largest absolute Gasteiger partial charge is 0.346 e. The highest BCUT2D eigenvalue weighted by molar-refractivity contribution is 5.77. The minimum Gasteiger partial charge on any atom is -0.346 e. The molecule has 0 aliphatic rings. The van der Waals surface area contributed by atoms with Crippen molar-refractivity contribution in [3.05, 3.63) is 29.6 Å². The van der Waals surface area contributed by atoms with E-state index in [1.54, 1.807) is 0 Å². The molecule has 0 fully saturated rings. The van der Waals surface area contributed by atoms with E-state index in [1.807, 2.05) is 0 Å². The highest BCUT2D eigenvalue weighted by atomic mass is 15.0. The third kappa shape index (κ3) is 9.38. The summed E-state index contributed by atoms with van der Waals surface area (Å²) in [6.07, 6.45) is 24.1. The van der Waals surface area contributed by atoms with E-state index in [1.165, 1.54) is 138 Å². The number of rotatable bonds is 20. The average Bonchev–Trinajstić information content (AvgIpc) is 3.18. The Morgan fingerprint density at radius 1 is 0.618 bits per heavy atom. The third-order valence-electron chi connectivity index (χ3n) is 7.92. The van der Waals surface area contributed by atoms with E-state index in [9.17, 15) is 0 Å². The normalized spacial score (nSPS) is 12.8. The molecular formula is C32H56N2. The summed E-state index contributed by atoms with van der Waals surface area (Å²) < 4.78 is 2.47. The van der Waals surface area contributed by atoms with E-state index >= 15 is 0 Å². The Labute approximate surface area is 212 Å². The fraction of sp³-hybridized carbons (Fsp3) is 0.781. The molecule has 0 aliphatic carbocycles. The van der Waals surface area contributed by atoms with E-state index in [-0.39, 0.29) is 0 Å². The molecule has 2 aromatic rings. The van der Waals surface area contributed by atoms with Crippen LogP contribution in [0.2, 0.25) is 0 Å². The summed E-state index contributed by atoms with van der Waals surface area (Å²) in [5.41, 5.74) is 5.43. The lowest BCUT2D eigenvalue weighted by Gasteiger charge is -2.18. The van der Waals surface area contributed by atoms with Crippen LogP contribution in [0.25, 0.3) is 11.0 Å². The molecule has 0 spiro atoms. The molecule has 2 heteroatoms. The van der Waals surface area contributed by atoms with Gasteiger partial charge in [-0.25, -0.2) is 0 Å². The van der Waals surface area contributed by atoms with Gasteiger partial charge in [0.1, 0.15) is 0 Å². The molecule has 0 radical (unpaired) electrons. The van der Waals surface area contributed by atoms with Gasteiger partial charge in [-0.3, -0.25) is 4.98 Å². The molecule has 2 aromatic heterocycles. The monoisotopic (exact) mass is 468 g/mol. The highest BCUT2D eigenvalue weighted by Gasteiger charge is 2.19. The number of hydrogen-bond donors (Lipinski definition) is 0. The van der Waals surface area contributed by atoms with Crippen LogP contribution < -0.4 is 0 Å². The van der Waals surface area contributed by atoms with Gasteiger partial charge >= 0.3 is 0 Å². The van der Waals surface area contributed by atoms with Crippen molar-refractivity contribution in [1.82, 2.24) is 9.55 Å². The molecule has 0 aromatic carbocycles. The molecule has 2 rings (SSSR count). The van der Waals surface area contributed by atoms with Crippen LogP contribution >= 0.6 is 0 Å². The van der Waals surface area contributed by atoms with Crippen LogP contribution in [0.5, 0.6) is 0 Å². The van der Waals surface area contributed by atoms with E-state index in [0.29, 0.717) is 11.8 Å². The lowest BCUT2D eigenvalue weighted by molar-refractivity contribution is 0.481. The molecule has 2 heterocycles. The lowest BCUT2D eigenvalue weighted by atomic mass is 9.91. The van der Waals surface area contributed by atoms with Gasteiger partial charge in [0.15, 0.2) is 0 Å². The first-order chi connectivity index (χ1) is 16.7. The summed E-state index contributed by atoms with van der Waals surface area (Å²) in [7, 11) is 2.28. The predicted octanol–water partition coefficient (Wildman–Crippen LogP) is 10.8. The molecular weight excluding hydrogens is 412 g/mol. The molecule has 0 saturated heterocycles. The molecule has 0 bridgehead atoms. The van der Waals surface area contributed by atoms with Gasteiger partial charge in [0, 0.05) is 24.4 Å². The number of hydrogen-bond acceptors (Lipinski definition) is 1. The summed E-state index contributed by atoms with van der Waals surface area (Å²) in [6.45, 7) is 9.24. The van der Waals surface area contributed by atoms with Gasteiger partial charge in [-0.15, -0.1) is 0 Å². The van der Waals surface area contributed by atoms with Gasteiger partial charge in [-0.2, -0.15) is 0 Å². The molecule has 0 aliphatic heterocycles. The Morgan fingerprint density at radius 2 is 1.12 bits per heavy atom. The number of pyridine rings is 1. The molecule has 34 heavy (non-hydrogen) atoms. The van der Waals surface area contributed by atoms with E-state index in [0.717, 1.165) is 0 Å². The lowest BCUT2D eigenvalue weighted by Crippen LogP contribution is -2.06. The van der Waals surface area contributed by atoms with Crippen molar-refractivity contribution in [2.75, 3.05) is 0 Å². The van der Waals surface area contributed by atoms with Crippen molar-refractivity contribution in [3.63, 3.8) is 0 Å². The molecule has 194 valence electrons. The summed E-state index contributed by atoms with van der Waals surface area (Å²) in [6, 6.07) is 7.18. The number of aryl methyl sites for hydroxylation is 1. The van der Waals surface area contributed by atoms with E-state index in [4.69, 9.17) is 4.98 Å². The fourth-order valence-corrected chi connectivity index (χ4v) is 5.65. The minimum atomic E-state index is 0.628. The quantitative estimate of drug-likeness (QED) is 0.177. The zero-order chi connectivity index (χ0) is 24.6. The second kappa shape index (κ2) is 17.2. The van der Waals surface area contributed by atoms with Crippen LogP contribution in [0.15, 0.2) is 18.2 Å². The first kappa shape index (κ1) is 28.9. The second-order valence-corrected chi connectivity index (χ2v) is 10.9. The van der Waals surface area contributed by atoms with Crippen LogP contribution in [-0.2, 0) is 7.05 Å². The molecule has 2 nitrogen and oxygen atoms in total. The average molecular weight is 469 g/mol. The van der Waals surface area contributed by atoms with Gasteiger partial charge in [-0.1, -0.05) is 118 Å². The highest BCUT2D eigenvalue weighted by Crippen LogP contribution is 2.34. The molecule has 0 amide bonds. The summed E-state index contributed by atoms with van der Waals surface area (Å²) in [5, 5.41) is 0. The maximum absolute atomic E-state index is 5.29. The maximum atomic E-state index is 5.29. The van der Waals surface area contributed by atoms with Gasteiger partial charge in [0.25, 0.3) is 0 Å². The summed E-state index contributed by atoms with van der Waals surface area (Å²) in [5.74, 6) is 1.31. The summed E-state index contributed by atoms with van der Waals surface area (Å²) >= 11 is 0. The maximum Gasteiger partial charge on any atom is 0.0887 e. The van der Waals surface area contributed by atoms with Crippen LogP contribution in [0.1, 0.15) is 166 Å². The zero-order valence-corrected chi connectivity index (χ0v) is 23.5. The van der Waals surface area contributed by atoms with Crippen molar-refractivity contribution in [3.8, 4) is 0 Å². The number of aromatic nitrogens is 2. The molecule has 0 N–H and O–H groups in total. The van der Waals surface area contributed by atoms with E-state index in [2.05, 4.69) is 57.5 Å². The minimum absolute atomic E-state index is 0.628. The SMILES string of the molecule is CCCCCCC(CCCC)c1ccc2c(cc(C(CCCCCC)CCCCCC)n2C)n1. The van der Waals surface area contributed by atoms with Crippen molar-refractivity contribution < 1.29 is 0 Å². The summed E-state index contributed by atoms with van der Waals surface area (Å²) in [4.78, 5) is 5.29. The standard InChI is InChI=1S/C32H56N2/c1-6-10-14-17-21-27(20-13-9-4)29-24-25-31-30(33-29)26-32(34(31)5)28(22-18-15-11-7-2)23-19-16-12-8-3/h24-28H,6-23H2,1-5H3. The Hall–Kier alpha value is -1.31. The van der Waals surface area contributed by atoms with Crippen molar-refractivity contribution in [2.45, 2.75) is 155 Å². The topological polar surface area (TPSA) is 17.8 Å². The van der Waals surface area contributed by atoms with Crippen LogP contribution in [0.4, 0.5) is 0 Å². The smallest absolute Gasteiger partial charge is 0.0887 e. The van der Waals surface area contributed by atoms with Gasteiger partial charge < -0.3 is 4.57 Å². The van der Waals surface area contributed by atoms with Gasteiger partial charge in [0.05, 0.1) is 11.0 Å². The van der Waals surface area contributed by atoms with Crippen molar-refractivity contribution in [2.24, 2.45) is 7.05 Å². The zero-order valence-electron chi connectivity index (χ0n) is 23.5. The Bertz CT molecular complexity index is 763. The Kier molecular flexibility index (Phi) is 14.6. The number of unbranched alkanes of at least 4 members (excludes halogenated alkanes) is 10. The molecule has 1 unspecified atom stereocenters. The van der Waals surface area contributed by atoms with Gasteiger partial charge in [0.2, 0.25) is 0 Å². The van der Waals surface area contributed by atoms with Gasteiger partial charge in [-0.05, 0) is 49.8 Å². The molecule has 1 atom stereocenters. The van der Waals surface area contributed by atoms with Crippen LogP contribution in [0.3, 0.4) is 0 Å². The number of fused-ring (bicyclic) bond motifs is 1. The second-order valence-electron chi connectivity index (χ2n) is 10.9. The third-order valence-corrected chi connectivity index (χ3v) is 7.92. The van der Waals surface area contributed by atoms with Crippen molar-refractivity contribution in [1.29, 1.82) is 0 Å².